The van der Waals surface area contributed by atoms with Crippen molar-refractivity contribution in [2.75, 3.05) is 6.61 Å². The second-order valence-corrected chi connectivity index (χ2v) is 5.57. The Morgan fingerprint density at radius 2 is 2.15 bits per heavy atom. The first-order valence-corrected chi connectivity index (χ1v) is 8.75. The Labute approximate surface area is 153 Å². The molecule has 1 aliphatic heterocycles. The van der Waals surface area contributed by atoms with Crippen molar-refractivity contribution in [3.05, 3.63) is 58.2 Å². The Balaban J connectivity index is 0.00000117. The maximum Gasteiger partial charge on any atom is 0.291 e. The van der Waals surface area contributed by atoms with Crippen LogP contribution < -0.4 is 10.9 Å². The van der Waals surface area contributed by atoms with Crippen molar-refractivity contribution < 1.29 is 14.0 Å². The molecular formula is C19H25FN4O2. The molecule has 0 spiro atoms. The normalized spacial score (nSPS) is 11.9. The van der Waals surface area contributed by atoms with Gasteiger partial charge in [-0.15, -0.1) is 0 Å². The molecule has 26 heavy (non-hydrogen) atoms. The van der Waals surface area contributed by atoms with E-state index in [1.807, 2.05) is 26.8 Å². The number of aromatic nitrogens is 1. The molecule has 1 amide bonds. The highest BCUT2D eigenvalue weighted by molar-refractivity contribution is 5.95. The maximum absolute atomic E-state index is 14.2. The fourth-order valence-electron chi connectivity index (χ4n) is 2.66. The SMILES string of the molecule is CC.CCONC(=O)c1cc2c(n1Cc1ccc(C)cc1F)CNN=C2. The highest BCUT2D eigenvalue weighted by atomic mass is 19.1. The van der Waals surface area contributed by atoms with Crippen LogP contribution in [0.3, 0.4) is 0 Å². The van der Waals surface area contributed by atoms with Gasteiger partial charge in [0.1, 0.15) is 11.5 Å². The number of rotatable bonds is 5. The summed E-state index contributed by atoms with van der Waals surface area (Å²) in [4.78, 5) is 17.3. The van der Waals surface area contributed by atoms with E-state index >= 15 is 0 Å². The summed E-state index contributed by atoms with van der Waals surface area (Å²) < 4.78 is 16.0. The third-order valence-electron chi connectivity index (χ3n) is 3.86. The number of halogens is 1. The molecule has 140 valence electrons. The van der Waals surface area contributed by atoms with Crippen LogP contribution in [0, 0.1) is 12.7 Å². The Hall–Kier alpha value is -2.67. The number of nitrogens with zero attached hydrogens (tertiary/aromatic N) is 2. The lowest BCUT2D eigenvalue weighted by molar-refractivity contribution is 0.0356. The topological polar surface area (TPSA) is 67.7 Å². The van der Waals surface area contributed by atoms with Gasteiger partial charge in [-0.05, 0) is 31.5 Å². The van der Waals surface area contributed by atoms with Crippen molar-refractivity contribution in [3.63, 3.8) is 0 Å². The summed E-state index contributed by atoms with van der Waals surface area (Å²) in [6.07, 6.45) is 1.65. The van der Waals surface area contributed by atoms with Crippen LogP contribution in [-0.2, 0) is 17.9 Å². The highest BCUT2D eigenvalue weighted by Crippen LogP contribution is 2.21. The maximum atomic E-state index is 14.2. The first-order chi connectivity index (χ1) is 12.6. The fourth-order valence-corrected chi connectivity index (χ4v) is 2.66. The number of carbonyl (C=O) groups is 1. The molecule has 0 bridgehead atoms. The molecule has 1 aromatic carbocycles. The van der Waals surface area contributed by atoms with Gasteiger partial charge >= 0.3 is 0 Å². The van der Waals surface area contributed by atoms with Crippen LogP contribution in [0.4, 0.5) is 4.39 Å². The lowest BCUT2D eigenvalue weighted by Gasteiger charge is -2.16. The molecule has 0 unspecified atom stereocenters. The Bertz CT molecular complexity index is 799. The van der Waals surface area contributed by atoms with Crippen LogP contribution in [0.1, 0.15) is 53.6 Å². The van der Waals surface area contributed by atoms with Gasteiger partial charge < -0.3 is 9.99 Å². The van der Waals surface area contributed by atoms with Gasteiger partial charge in [0.05, 0.1) is 25.9 Å². The van der Waals surface area contributed by atoms with E-state index < -0.39 is 0 Å². The number of hydrogen-bond acceptors (Lipinski definition) is 4. The van der Waals surface area contributed by atoms with Gasteiger partial charge in [0.25, 0.3) is 5.91 Å². The zero-order chi connectivity index (χ0) is 19.1. The van der Waals surface area contributed by atoms with Crippen LogP contribution >= 0.6 is 0 Å². The van der Waals surface area contributed by atoms with Crippen molar-refractivity contribution in [3.8, 4) is 0 Å². The lowest BCUT2D eigenvalue weighted by atomic mass is 10.1. The second-order valence-electron chi connectivity index (χ2n) is 5.57. The van der Waals surface area contributed by atoms with Gasteiger partial charge in [-0.2, -0.15) is 5.10 Å². The predicted molar refractivity (Wildman–Crippen MR) is 99.5 cm³/mol. The largest absolute Gasteiger partial charge is 0.334 e. The number of hydrogen-bond donors (Lipinski definition) is 2. The minimum Gasteiger partial charge on any atom is -0.334 e. The summed E-state index contributed by atoms with van der Waals surface area (Å²) in [5.41, 5.74) is 8.77. The average molecular weight is 360 g/mol. The van der Waals surface area contributed by atoms with Gasteiger partial charge in [-0.1, -0.05) is 26.0 Å². The summed E-state index contributed by atoms with van der Waals surface area (Å²) in [7, 11) is 0. The minimum atomic E-state index is -0.368. The zero-order valence-corrected chi connectivity index (χ0v) is 15.6. The number of hydrazone groups is 1. The molecule has 7 heteroatoms. The molecule has 0 atom stereocenters. The van der Waals surface area contributed by atoms with Crippen LogP contribution in [0.15, 0.2) is 29.4 Å². The van der Waals surface area contributed by atoms with Crippen molar-refractivity contribution in [1.82, 2.24) is 15.5 Å². The molecule has 0 saturated carbocycles. The van der Waals surface area contributed by atoms with Crippen molar-refractivity contribution in [2.24, 2.45) is 5.10 Å². The van der Waals surface area contributed by atoms with E-state index in [4.69, 9.17) is 4.84 Å². The summed E-state index contributed by atoms with van der Waals surface area (Å²) in [6, 6.07) is 6.82. The van der Waals surface area contributed by atoms with Gasteiger partial charge in [0, 0.05) is 16.8 Å². The Morgan fingerprint density at radius 1 is 1.38 bits per heavy atom. The van der Waals surface area contributed by atoms with Gasteiger partial charge in [0.15, 0.2) is 0 Å². The minimum absolute atomic E-state index is 0.256. The first kappa shape index (κ1) is 19.7. The molecule has 2 aromatic rings. The van der Waals surface area contributed by atoms with E-state index in [9.17, 15) is 9.18 Å². The molecule has 2 heterocycles. The molecule has 1 aliphatic rings. The first-order valence-electron chi connectivity index (χ1n) is 8.75. The summed E-state index contributed by atoms with van der Waals surface area (Å²) >= 11 is 0. The van der Waals surface area contributed by atoms with E-state index in [0.29, 0.717) is 24.4 Å². The molecule has 0 fully saturated rings. The molecule has 3 rings (SSSR count). The van der Waals surface area contributed by atoms with Crippen molar-refractivity contribution in [1.29, 1.82) is 0 Å². The molecular weight excluding hydrogens is 335 g/mol. The number of hydroxylamine groups is 1. The van der Waals surface area contributed by atoms with Crippen molar-refractivity contribution in [2.45, 2.75) is 40.8 Å². The summed E-state index contributed by atoms with van der Waals surface area (Å²) in [5.74, 6) is -0.654. The number of carbonyl (C=O) groups excluding carboxylic acids is 1. The molecule has 0 radical (unpaired) electrons. The van der Waals surface area contributed by atoms with Gasteiger partial charge in [0.2, 0.25) is 0 Å². The summed E-state index contributed by atoms with van der Waals surface area (Å²) in [5, 5.41) is 4.01. The number of amides is 1. The number of fused-ring (bicyclic) bond motifs is 1. The van der Waals surface area contributed by atoms with E-state index in [0.717, 1.165) is 16.8 Å². The lowest BCUT2D eigenvalue weighted by Crippen LogP contribution is -2.27. The molecule has 0 aliphatic carbocycles. The zero-order valence-electron chi connectivity index (χ0n) is 15.6. The number of aryl methyl sites for hydroxylation is 1. The van der Waals surface area contributed by atoms with Crippen molar-refractivity contribution >= 4 is 12.1 Å². The van der Waals surface area contributed by atoms with Gasteiger partial charge in [-0.25, -0.2) is 9.87 Å². The monoisotopic (exact) mass is 360 g/mol. The Morgan fingerprint density at radius 3 is 2.85 bits per heavy atom. The third-order valence-corrected chi connectivity index (χ3v) is 3.86. The summed E-state index contributed by atoms with van der Waals surface area (Å²) in [6.45, 7) is 8.71. The van der Waals surface area contributed by atoms with Crippen LogP contribution in [0.5, 0.6) is 0 Å². The number of benzene rings is 1. The van der Waals surface area contributed by atoms with E-state index in [1.54, 1.807) is 29.8 Å². The average Bonchev–Trinajstić information content (AvgIpc) is 3.02. The molecule has 2 N–H and O–H groups in total. The van der Waals surface area contributed by atoms with E-state index in [1.165, 1.54) is 6.07 Å². The fraction of sp³-hybridized carbons (Fsp3) is 0.368. The van der Waals surface area contributed by atoms with Crippen LogP contribution in [0.25, 0.3) is 0 Å². The van der Waals surface area contributed by atoms with E-state index in [2.05, 4.69) is 16.0 Å². The third kappa shape index (κ3) is 4.29. The standard InChI is InChI=1S/C17H19FN4O2.C2H6/c1-3-24-21-17(23)15-7-13-8-19-20-9-16(13)22(15)10-12-5-4-11(2)6-14(12)18;1-2/h4-8,20H,3,9-10H2,1-2H3,(H,21,23);1-2H3. The Kier molecular flexibility index (Phi) is 6.91. The highest BCUT2D eigenvalue weighted by Gasteiger charge is 2.21. The van der Waals surface area contributed by atoms with Gasteiger partial charge in [-0.3, -0.25) is 9.63 Å². The quantitative estimate of drug-likeness (QED) is 0.805. The number of nitrogens with one attached hydrogen (secondary N) is 2. The smallest absolute Gasteiger partial charge is 0.291 e. The van der Waals surface area contributed by atoms with Crippen LogP contribution in [0.2, 0.25) is 0 Å². The predicted octanol–water partition coefficient (Wildman–Crippen LogP) is 3.13. The second kappa shape index (κ2) is 9.15. The molecule has 0 saturated heterocycles. The van der Waals surface area contributed by atoms with Crippen LogP contribution in [-0.4, -0.2) is 23.3 Å². The molecule has 1 aromatic heterocycles. The van der Waals surface area contributed by atoms with E-state index in [-0.39, 0.29) is 18.3 Å². The molecule has 6 nitrogen and oxygen atoms in total.